The number of hydrogen-bond acceptors (Lipinski definition) is 3. The van der Waals surface area contributed by atoms with Crippen molar-refractivity contribution >= 4 is 23.0 Å². The van der Waals surface area contributed by atoms with Crippen LogP contribution in [0.4, 0.5) is 20.2 Å². The van der Waals surface area contributed by atoms with Gasteiger partial charge in [-0.3, -0.25) is 0 Å². The van der Waals surface area contributed by atoms with Gasteiger partial charge in [0.15, 0.2) is 11.6 Å². The van der Waals surface area contributed by atoms with E-state index in [-0.39, 0.29) is 11.3 Å². The minimum Gasteiger partial charge on any atom is -0.495 e. The van der Waals surface area contributed by atoms with E-state index in [9.17, 15) is 8.78 Å². The Bertz CT molecular complexity index is 675. The summed E-state index contributed by atoms with van der Waals surface area (Å²) >= 11 is 5.93. The van der Waals surface area contributed by atoms with Crippen molar-refractivity contribution in [2.45, 2.75) is 0 Å². The fourth-order valence-electron chi connectivity index (χ4n) is 1.65. The zero-order valence-corrected chi connectivity index (χ0v) is 11.1. The second-order valence-corrected chi connectivity index (χ2v) is 4.31. The lowest BCUT2D eigenvalue weighted by Gasteiger charge is -2.11. The Labute approximate surface area is 119 Å². The maximum absolute atomic E-state index is 13.7. The topological polar surface area (TPSA) is 45.0 Å². The number of halogens is 3. The molecule has 0 aliphatic carbocycles. The summed E-state index contributed by atoms with van der Waals surface area (Å²) in [5, 5.41) is 11.5. The van der Waals surface area contributed by atoms with Crippen LogP contribution in [0.3, 0.4) is 0 Å². The number of nitrogens with one attached hydrogen (secondary N) is 1. The van der Waals surface area contributed by atoms with Gasteiger partial charge in [-0.2, -0.15) is 5.26 Å². The number of nitrogens with zero attached hydrogens (tertiary/aromatic N) is 1. The first-order chi connectivity index (χ1) is 9.55. The number of rotatable bonds is 3. The molecule has 3 nitrogen and oxygen atoms in total. The number of nitriles is 1. The lowest BCUT2D eigenvalue weighted by molar-refractivity contribution is 0.415. The summed E-state index contributed by atoms with van der Waals surface area (Å²) in [5.41, 5.74) is -0.0261. The SMILES string of the molecule is COc1ccc(Nc2c(F)cc(C#N)cc2F)cc1Cl. The molecule has 0 bridgehead atoms. The van der Waals surface area contributed by atoms with E-state index in [1.54, 1.807) is 18.2 Å². The van der Waals surface area contributed by atoms with Crippen LogP contribution in [0.25, 0.3) is 0 Å². The molecule has 2 aromatic carbocycles. The molecule has 0 saturated heterocycles. The van der Waals surface area contributed by atoms with Crippen LogP contribution < -0.4 is 10.1 Å². The molecular formula is C14H9ClF2N2O. The van der Waals surface area contributed by atoms with Crippen molar-refractivity contribution in [3.8, 4) is 11.8 Å². The second kappa shape index (κ2) is 5.76. The highest BCUT2D eigenvalue weighted by atomic mass is 35.5. The highest BCUT2D eigenvalue weighted by Crippen LogP contribution is 2.30. The summed E-state index contributed by atoms with van der Waals surface area (Å²) in [7, 11) is 1.47. The number of methoxy groups -OCH3 is 1. The molecule has 2 rings (SSSR count). The van der Waals surface area contributed by atoms with Gasteiger partial charge < -0.3 is 10.1 Å². The maximum Gasteiger partial charge on any atom is 0.150 e. The average molecular weight is 295 g/mol. The van der Waals surface area contributed by atoms with Gasteiger partial charge in [0.25, 0.3) is 0 Å². The quantitative estimate of drug-likeness (QED) is 0.921. The molecule has 0 aliphatic heterocycles. The molecule has 0 heterocycles. The van der Waals surface area contributed by atoms with E-state index in [0.717, 1.165) is 12.1 Å². The monoisotopic (exact) mass is 294 g/mol. The third-order valence-corrected chi connectivity index (χ3v) is 2.89. The summed E-state index contributed by atoms with van der Waals surface area (Å²) in [6.07, 6.45) is 0. The fraction of sp³-hybridized carbons (Fsp3) is 0.0714. The van der Waals surface area contributed by atoms with E-state index in [4.69, 9.17) is 21.6 Å². The third kappa shape index (κ3) is 2.81. The van der Waals surface area contributed by atoms with Gasteiger partial charge in [0, 0.05) is 5.69 Å². The Balaban J connectivity index is 2.35. The summed E-state index contributed by atoms with van der Waals surface area (Å²) < 4.78 is 32.4. The van der Waals surface area contributed by atoms with Gasteiger partial charge in [-0.1, -0.05) is 11.6 Å². The molecule has 20 heavy (non-hydrogen) atoms. The first-order valence-corrected chi connectivity index (χ1v) is 5.92. The Morgan fingerprint density at radius 2 is 1.85 bits per heavy atom. The van der Waals surface area contributed by atoms with E-state index in [0.29, 0.717) is 16.5 Å². The van der Waals surface area contributed by atoms with Crippen LogP contribution in [0.5, 0.6) is 5.75 Å². The molecular weight excluding hydrogens is 286 g/mol. The summed E-state index contributed by atoms with van der Waals surface area (Å²) in [4.78, 5) is 0. The van der Waals surface area contributed by atoms with Gasteiger partial charge in [-0.05, 0) is 30.3 Å². The largest absolute Gasteiger partial charge is 0.495 e. The van der Waals surface area contributed by atoms with Crippen LogP contribution in [-0.4, -0.2) is 7.11 Å². The normalized spacial score (nSPS) is 9.95. The number of benzene rings is 2. The van der Waals surface area contributed by atoms with E-state index < -0.39 is 11.6 Å². The first-order valence-electron chi connectivity index (χ1n) is 5.55. The highest BCUT2D eigenvalue weighted by Gasteiger charge is 2.12. The predicted octanol–water partition coefficient (Wildman–Crippen LogP) is 4.24. The van der Waals surface area contributed by atoms with Crippen LogP contribution in [0.1, 0.15) is 5.56 Å². The fourth-order valence-corrected chi connectivity index (χ4v) is 1.90. The van der Waals surface area contributed by atoms with Gasteiger partial charge in [0.1, 0.15) is 11.4 Å². The van der Waals surface area contributed by atoms with Crippen molar-refractivity contribution in [1.29, 1.82) is 5.26 Å². The van der Waals surface area contributed by atoms with Crippen LogP contribution in [-0.2, 0) is 0 Å². The smallest absolute Gasteiger partial charge is 0.150 e. The maximum atomic E-state index is 13.7. The Kier molecular flexibility index (Phi) is 4.06. The average Bonchev–Trinajstić information content (AvgIpc) is 2.42. The summed E-state index contributed by atoms with van der Waals surface area (Å²) in [5.74, 6) is -1.25. The Morgan fingerprint density at radius 3 is 2.35 bits per heavy atom. The summed E-state index contributed by atoms with van der Waals surface area (Å²) in [6, 6.07) is 8.22. The molecule has 6 heteroatoms. The molecule has 0 unspecified atom stereocenters. The molecule has 0 spiro atoms. The summed E-state index contributed by atoms with van der Waals surface area (Å²) in [6.45, 7) is 0. The van der Waals surface area contributed by atoms with Crippen LogP contribution in [0.15, 0.2) is 30.3 Å². The van der Waals surface area contributed by atoms with E-state index in [1.807, 2.05) is 0 Å². The molecule has 0 saturated carbocycles. The predicted molar refractivity (Wildman–Crippen MR) is 72.4 cm³/mol. The third-order valence-electron chi connectivity index (χ3n) is 2.59. The van der Waals surface area contributed by atoms with Gasteiger partial charge in [-0.15, -0.1) is 0 Å². The second-order valence-electron chi connectivity index (χ2n) is 3.90. The molecule has 0 aromatic heterocycles. The van der Waals surface area contributed by atoms with Crippen molar-refractivity contribution in [3.63, 3.8) is 0 Å². The van der Waals surface area contributed by atoms with Crippen molar-refractivity contribution in [1.82, 2.24) is 0 Å². The molecule has 0 amide bonds. The molecule has 0 fully saturated rings. The minimum atomic E-state index is -0.853. The molecule has 102 valence electrons. The van der Waals surface area contributed by atoms with E-state index >= 15 is 0 Å². The number of ether oxygens (including phenoxy) is 1. The van der Waals surface area contributed by atoms with Crippen LogP contribution in [0, 0.1) is 23.0 Å². The van der Waals surface area contributed by atoms with Crippen LogP contribution >= 0.6 is 11.6 Å². The van der Waals surface area contributed by atoms with Crippen molar-refractivity contribution < 1.29 is 13.5 Å². The lowest BCUT2D eigenvalue weighted by Crippen LogP contribution is -1.99. The zero-order chi connectivity index (χ0) is 14.7. The van der Waals surface area contributed by atoms with Crippen molar-refractivity contribution in [2.75, 3.05) is 12.4 Å². The molecule has 1 N–H and O–H groups in total. The minimum absolute atomic E-state index is 0.0849. The molecule has 2 aromatic rings. The highest BCUT2D eigenvalue weighted by molar-refractivity contribution is 6.32. The van der Waals surface area contributed by atoms with Gasteiger partial charge in [0.2, 0.25) is 0 Å². The van der Waals surface area contributed by atoms with Crippen molar-refractivity contribution in [3.05, 3.63) is 52.6 Å². The van der Waals surface area contributed by atoms with Gasteiger partial charge in [-0.25, -0.2) is 8.78 Å². The Hall–Kier alpha value is -2.32. The number of hydrogen-bond donors (Lipinski definition) is 1. The Morgan fingerprint density at radius 1 is 1.20 bits per heavy atom. The van der Waals surface area contributed by atoms with Gasteiger partial charge in [0.05, 0.1) is 23.8 Å². The molecule has 0 radical (unpaired) electrons. The van der Waals surface area contributed by atoms with Gasteiger partial charge >= 0.3 is 0 Å². The first kappa shape index (κ1) is 14.1. The van der Waals surface area contributed by atoms with Crippen LogP contribution in [0.2, 0.25) is 5.02 Å². The molecule has 0 aliphatic rings. The molecule has 0 atom stereocenters. The van der Waals surface area contributed by atoms with Crippen molar-refractivity contribution in [2.24, 2.45) is 0 Å². The standard InChI is InChI=1S/C14H9ClF2N2O/c1-20-13-3-2-9(6-10(13)15)19-14-11(16)4-8(7-18)5-12(14)17/h2-6,19H,1H3. The zero-order valence-electron chi connectivity index (χ0n) is 10.4. The van der Waals surface area contributed by atoms with E-state index in [2.05, 4.69) is 5.32 Å². The van der Waals surface area contributed by atoms with E-state index in [1.165, 1.54) is 13.2 Å². The lowest BCUT2D eigenvalue weighted by atomic mass is 10.2. The number of anilines is 2.